The van der Waals surface area contributed by atoms with Gasteiger partial charge in [0, 0.05) is 32.6 Å². The summed E-state index contributed by atoms with van der Waals surface area (Å²) in [6.07, 6.45) is 7.54. The molecular weight excluding hydrogens is 302 g/mol. The Bertz CT molecular complexity index is 623. The van der Waals surface area contributed by atoms with Gasteiger partial charge in [-0.05, 0) is 25.0 Å². The molecule has 0 aliphatic heterocycles. The summed E-state index contributed by atoms with van der Waals surface area (Å²) >= 11 is 3.46. The Labute approximate surface area is 121 Å². The molecule has 0 bridgehead atoms. The SMILES string of the molecule is CC1(C(=O)c2c[nH]c3cc(Br)ccc23)CCCCC1. The van der Waals surface area contributed by atoms with Crippen LogP contribution in [-0.4, -0.2) is 10.8 Å². The van der Waals surface area contributed by atoms with Crippen molar-refractivity contribution in [3.05, 3.63) is 34.4 Å². The number of ketones is 1. The van der Waals surface area contributed by atoms with Crippen molar-refractivity contribution in [1.29, 1.82) is 0 Å². The van der Waals surface area contributed by atoms with Crippen molar-refractivity contribution in [3.63, 3.8) is 0 Å². The first kappa shape index (κ1) is 12.9. The number of aromatic nitrogens is 1. The van der Waals surface area contributed by atoms with E-state index in [0.717, 1.165) is 33.8 Å². The van der Waals surface area contributed by atoms with Crippen LogP contribution in [0.2, 0.25) is 0 Å². The van der Waals surface area contributed by atoms with Gasteiger partial charge in [0.25, 0.3) is 0 Å². The molecule has 1 aromatic carbocycles. The molecule has 0 amide bonds. The molecule has 1 fully saturated rings. The van der Waals surface area contributed by atoms with E-state index < -0.39 is 0 Å². The van der Waals surface area contributed by atoms with Gasteiger partial charge in [0.05, 0.1) is 0 Å². The molecule has 0 unspecified atom stereocenters. The van der Waals surface area contributed by atoms with Crippen LogP contribution in [0.5, 0.6) is 0 Å². The van der Waals surface area contributed by atoms with Gasteiger partial charge in [-0.3, -0.25) is 4.79 Å². The second-order valence-electron chi connectivity index (χ2n) is 5.84. The highest BCUT2D eigenvalue weighted by Crippen LogP contribution is 2.40. The molecule has 1 aliphatic carbocycles. The smallest absolute Gasteiger partial charge is 0.170 e. The van der Waals surface area contributed by atoms with Gasteiger partial charge in [-0.15, -0.1) is 0 Å². The number of fused-ring (bicyclic) bond motifs is 1. The van der Waals surface area contributed by atoms with Crippen molar-refractivity contribution in [2.75, 3.05) is 0 Å². The summed E-state index contributed by atoms with van der Waals surface area (Å²) in [6, 6.07) is 6.04. The average Bonchev–Trinajstić information content (AvgIpc) is 2.81. The molecule has 1 heterocycles. The van der Waals surface area contributed by atoms with Crippen LogP contribution < -0.4 is 0 Å². The minimum atomic E-state index is -0.166. The molecule has 0 atom stereocenters. The van der Waals surface area contributed by atoms with E-state index in [-0.39, 0.29) is 5.41 Å². The highest BCUT2D eigenvalue weighted by atomic mass is 79.9. The molecule has 1 N–H and O–H groups in total. The third-order valence-electron chi connectivity index (χ3n) is 4.39. The van der Waals surface area contributed by atoms with Crippen molar-refractivity contribution < 1.29 is 4.79 Å². The quantitative estimate of drug-likeness (QED) is 0.769. The van der Waals surface area contributed by atoms with Crippen LogP contribution in [0.1, 0.15) is 49.4 Å². The van der Waals surface area contributed by atoms with E-state index in [1.54, 1.807) is 0 Å². The van der Waals surface area contributed by atoms with E-state index in [1.807, 2.05) is 24.4 Å². The molecule has 3 heteroatoms. The molecule has 1 saturated carbocycles. The number of nitrogens with one attached hydrogen (secondary N) is 1. The van der Waals surface area contributed by atoms with Crippen LogP contribution in [0.3, 0.4) is 0 Å². The zero-order valence-corrected chi connectivity index (χ0v) is 12.7. The number of carbonyl (C=O) groups excluding carboxylic acids is 1. The summed E-state index contributed by atoms with van der Waals surface area (Å²) in [4.78, 5) is 16.1. The number of halogens is 1. The Morgan fingerprint density at radius 3 is 2.74 bits per heavy atom. The van der Waals surface area contributed by atoms with Gasteiger partial charge in [-0.2, -0.15) is 0 Å². The summed E-state index contributed by atoms with van der Waals surface area (Å²) < 4.78 is 1.03. The fourth-order valence-electron chi connectivity index (χ4n) is 3.17. The monoisotopic (exact) mass is 319 g/mol. The molecular formula is C16H18BrNO. The second kappa shape index (κ2) is 4.78. The van der Waals surface area contributed by atoms with Gasteiger partial charge >= 0.3 is 0 Å². The highest BCUT2D eigenvalue weighted by Gasteiger charge is 2.36. The minimum absolute atomic E-state index is 0.166. The summed E-state index contributed by atoms with van der Waals surface area (Å²) in [5.74, 6) is 0.306. The van der Waals surface area contributed by atoms with Gasteiger partial charge in [-0.25, -0.2) is 0 Å². The molecule has 0 radical (unpaired) electrons. The molecule has 1 aromatic heterocycles. The molecule has 3 rings (SSSR count). The van der Waals surface area contributed by atoms with E-state index in [4.69, 9.17) is 0 Å². The molecule has 100 valence electrons. The van der Waals surface area contributed by atoms with E-state index >= 15 is 0 Å². The predicted molar refractivity (Wildman–Crippen MR) is 81.5 cm³/mol. The Morgan fingerprint density at radius 2 is 2.00 bits per heavy atom. The summed E-state index contributed by atoms with van der Waals surface area (Å²) in [5.41, 5.74) is 1.71. The number of carbonyl (C=O) groups is 1. The Hall–Kier alpha value is -1.09. The summed E-state index contributed by atoms with van der Waals surface area (Å²) in [7, 11) is 0. The zero-order chi connectivity index (χ0) is 13.5. The van der Waals surface area contributed by atoms with E-state index in [0.29, 0.717) is 5.78 Å². The number of hydrogen-bond acceptors (Lipinski definition) is 1. The van der Waals surface area contributed by atoms with Crippen LogP contribution in [0.25, 0.3) is 10.9 Å². The maximum atomic E-state index is 12.8. The van der Waals surface area contributed by atoms with Crippen LogP contribution in [0.15, 0.2) is 28.9 Å². The normalized spacial score (nSPS) is 18.6. The number of H-pyrrole nitrogens is 1. The standard InChI is InChI=1S/C16H18BrNO/c1-16(7-3-2-4-8-16)15(19)13-10-18-14-9-11(17)5-6-12(13)14/h5-6,9-10,18H,2-4,7-8H2,1H3. The maximum Gasteiger partial charge on any atom is 0.170 e. The van der Waals surface area contributed by atoms with Crippen LogP contribution in [0.4, 0.5) is 0 Å². The molecule has 2 nitrogen and oxygen atoms in total. The van der Waals surface area contributed by atoms with Gasteiger partial charge in [-0.1, -0.05) is 48.2 Å². The molecule has 2 aromatic rings. The number of aromatic amines is 1. The van der Waals surface area contributed by atoms with Gasteiger partial charge < -0.3 is 4.98 Å². The number of rotatable bonds is 2. The fourth-order valence-corrected chi connectivity index (χ4v) is 3.53. The number of hydrogen-bond donors (Lipinski definition) is 1. The van der Waals surface area contributed by atoms with Crippen molar-refractivity contribution in [2.45, 2.75) is 39.0 Å². The van der Waals surface area contributed by atoms with Crippen LogP contribution >= 0.6 is 15.9 Å². The summed E-state index contributed by atoms with van der Waals surface area (Å²) in [6.45, 7) is 2.13. The van der Waals surface area contributed by atoms with Crippen molar-refractivity contribution in [1.82, 2.24) is 4.98 Å². The average molecular weight is 320 g/mol. The largest absolute Gasteiger partial charge is 0.360 e. The lowest BCUT2D eigenvalue weighted by Gasteiger charge is -2.31. The Kier molecular flexibility index (Phi) is 3.25. The van der Waals surface area contributed by atoms with Gasteiger partial charge in [0.2, 0.25) is 0 Å². The van der Waals surface area contributed by atoms with Crippen molar-refractivity contribution in [3.8, 4) is 0 Å². The Morgan fingerprint density at radius 1 is 1.26 bits per heavy atom. The highest BCUT2D eigenvalue weighted by molar-refractivity contribution is 9.10. The minimum Gasteiger partial charge on any atom is -0.360 e. The lowest BCUT2D eigenvalue weighted by atomic mass is 9.71. The van der Waals surface area contributed by atoms with E-state index in [2.05, 4.69) is 27.8 Å². The zero-order valence-electron chi connectivity index (χ0n) is 11.1. The van der Waals surface area contributed by atoms with Crippen LogP contribution in [0, 0.1) is 5.41 Å². The maximum absolute atomic E-state index is 12.8. The lowest BCUT2D eigenvalue weighted by Crippen LogP contribution is -2.30. The molecule has 0 spiro atoms. The number of Topliss-reactive ketones (excluding diaryl/α,β-unsaturated/α-hetero) is 1. The van der Waals surface area contributed by atoms with E-state index in [9.17, 15) is 4.79 Å². The number of benzene rings is 1. The topological polar surface area (TPSA) is 32.9 Å². The molecule has 19 heavy (non-hydrogen) atoms. The van der Waals surface area contributed by atoms with Crippen molar-refractivity contribution >= 4 is 32.6 Å². The fraction of sp³-hybridized carbons (Fsp3) is 0.438. The van der Waals surface area contributed by atoms with Gasteiger partial charge in [0.1, 0.15) is 0 Å². The first-order valence-electron chi connectivity index (χ1n) is 6.92. The predicted octanol–water partition coefficient (Wildman–Crippen LogP) is 5.08. The van der Waals surface area contributed by atoms with Crippen LogP contribution in [-0.2, 0) is 0 Å². The first-order chi connectivity index (χ1) is 9.10. The summed E-state index contributed by atoms with van der Waals surface area (Å²) in [5, 5.41) is 1.04. The first-order valence-corrected chi connectivity index (χ1v) is 7.71. The lowest BCUT2D eigenvalue weighted by molar-refractivity contribution is 0.0751. The Balaban J connectivity index is 2.02. The molecule has 1 aliphatic rings. The van der Waals surface area contributed by atoms with Crippen molar-refractivity contribution in [2.24, 2.45) is 5.41 Å². The third-order valence-corrected chi connectivity index (χ3v) is 4.89. The second-order valence-corrected chi connectivity index (χ2v) is 6.76. The molecule has 0 saturated heterocycles. The van der Waals surface area contributed by atoms with E-state index in [1.165, 1.54) is 19.3 Å². The van der Waals surface area contributed by atoms with Gasteiger partial charge in [0.15, 0.2) is 5.78 Å². The third kappa shape index (κ3) is 2.25.